The van der Waals surface area contributed by atoms with Gasteiger partial charge in [0, 0.05) is 13.2 Å². The molecule has 0 unspecified atom stereocenters. The largest absolute Gasteiger partial charge is 0.376 e. The average molecular weight is 390 g/mol. The molecule has 1 fully saturated rings. The van der Waals surface area contributed by atoms with Crippen molar-refractivity contribution in [2.24, 2.45) is 0 Å². The lowest BCUT2D eigenvalue weighted by Crippen LogP contribution is -2.42. The predicted molar refractivity (Wildman–Crippen MR) is 98.9 cm³/mol. The summed E-state index contributed by atoms with van der Waals surface area (Å²) in [6, 6.07) is 8.94. The van der Waals surface area contributed by atoms with E-state index in [0.717, 1.165) is 25.0 Å². The molecule has 2 atom stereocenters. The Kier molecular flexibility index (Phi) is 6.77. The summed E-state index contributed by atoms with van der Waals surface area (Å²) >= 11 is 1.20. The van der Waals surface area contributed by atoms with Gasteiger partial charge in [0.1, 0.15) is 0 Å². The Balaban J connectivity index is 1.46. The number of rotatable bonds is 7. The number of amides is 3. The third kappa shape index (κ3) is 5.76. The lowest BCUT2D eigenvalue weighted by molar-refractivity contribution is -0.119. The van der Waals surface area contributed by atoms with Gasteiger partial charge in [-0.05, 0) is 35.8 Å². The van der Waals surface area contributed by atoms with Crippen molar-refractivity contribution in [2.75, 3.05) is 6.61 Å². The summed E-state index contributed by atoms with van der Waals surface area (Å²) in [5.74, 6) is -0.405. The molecule has 0 aliphatic carbocycles. The molecule has 0 bridgehead atoms. The molecule has 1 aliphatic heterocycles. The molecule has 144 valence electrons. The van der Waals surface area contributed by atoms with Crippen LogP contribution in [-0.2, 0) is 22.6 Å². The molecule has 2 heterocycles. The van der Waals surface area contributed by atoms with Gasteiger partial charge in [-0.1, -0.05) is 42.1 Å². The van der Waals surface area contributed by atoms with Gasteiger partial charge in [-0.3, -0.25) is 10.1 Å². The van der Waals surface area contributed by atoms with Crippen LogP contribution in [0.5, 0.6) is 0 Å². The van der Waals surface area contributed by atoms with Crippen molar-refractivity contribution in [1.29, 1.82) is 0 Å². The van der Waals surface area contributed by atoms with Crippen molar-refractivity contribution in [2.45, 2.75) is 49.4 Å². The third-order valence-electron chi connectivity index (χ3n) is 4.08. The number of urea groups is 1. The standard InChI is InChI=1S/C17H22N6O3S/c1-12(15(24)19-16(25)18-10-13-6-3-2-4-7-13)27-17-20-21-22-23(17)11-14-8-5-9-26-14/h2-4,6-7,12,14H,5,8-11H2,1H3,(H2,18,19,24,25)/t12-,14+/m1/s1. The molecule has 1 aromatic carbocycles. The molecule has 0 spiro atoms. The van der Waals surface area contributed by atoms with Crippen LogP contribution in [0.1, 0.15) is 25.3 Å². The minimum atomic E-state index is -0.532. The molecule has 0 radical (unpaired) electrons. The summed E-state index contributed by atoms with van der Waals surface area (Å²) in [5.41, 5.74) is 0.954. The second-order valence-corrected chi connectivity index (χ2v) is 7.50. The molecule has 3 rings (SSSR count). The summed E-state index contributed by atoms with van der Waals surface area (Å²) in [5, 5.41) is 16.6. The van der Waals surface area contributed by atoms with E-state index >= 15 is 0 Å². The highest BCUT2D eigenvalue weighted by atomic mass is 32.2. The van der Waals surface area contributed by atoms with Gasteiger partial charge in [0.05, 0.1) is 17.9 Å². The van der Waals surface area contributed by atoms with Gasteiger partial charge in [0.15, 0.2) is 0 Å². The van der Waals surface area contributed by atoms with Gasteiger partial charge >= 0.3 is 6.03 Å². The van der Waals surface area contributed by atoms with Crippen LogP contribution >= 0.6 is 11.8 Å². The number of nitrogens with one attached hydrogen (secondary N) is 2. The smallest absolute Gasteiger partial charge is 0.321 e. The second kappa shape index (κ2) is 9.47. The van der Waals surface area contributed by atoms with Crippen molar-refractivity contribution < 1.29 is 14.3 Å². The molecule has 2 aromatic rings. The van der Waals surface area contributed by atoms with Crippen LogP contribution in [0, 0.1) is 0 Å². The Bertz CT molecular complexity index is 763. The maximum Gasteiger partial charge on any atom is 0.321 e. The van der Waals surface area contributed by atoms with Gasteiger partial charge in [-0.25, -0.2) is 9.48 Å². The van der Waals surface area contributed by atoms with Crippen LogP contribution in [0.2, 0.25) is 0 Å². The molecule has 10 heteroatoms. The highest BCUT2D eigenvalue weighted by molar-refractivity contribution is 8.00. The van der Waals surface area contributed by atoms with Crippen LogP contribution in [-0.4, -0.2) is 50.1 Å². The first-order chi connectivity index (χ1) is 13.1. The van der Waals surface area contributed by atoms with Crippen molar-refractivity contribution >= 4 is 23.7 Å². The summed E-state index contributed by atoms with van der Waals surface area (Å²) in [6.45, 7) is 3.37. The number of hydrogen-bond acceptors (Lipinski definition) is 7. The lowest BCUT2D eigenvalue weighted by Gasteiger charge is -2.13. The van der Waals surface area contributed by atoms with Crippen molar-refractivity contribution in [3.05, 3.63) is 35.9 Å². The molecule has 1 aromatic heterocycles. The van der Waals surface area contributed by atoms with E-state index in [2.05, 4.69) is 26.2 Å². The Morgan fingerprint density at radius 3 is 2.93 bits per heavy atom. The summed E-state index contributed by atoms with van der Waals surface area (Å²) < 4.78 is 7.23. The number of ether oxygens (including phenoxy) is 1. The molecule has 0 saturated carbocycles. The molecule has 3 amide bonds. The topological polar surface area (TPSA) is 111 Å². The number of carbonyl (C=O) groups excluding carboxylic acids is 2. The quantitative estimate of drug-likeness (QED) is 0.687. The highest BCUT2D eigenvalue weighted by Gasteiger charge is 2.23. The van der Waals surface area contributed by atoms with E-state index in [9.17, 15) is 9.59 Å². The summed E-state index contributed by atoms with van der Waals surface area (Å²) in [6.07, 6.45) is 2.11. The minimum absolute atomic E-state index is 0.0979. The molecule has 27 heavy (non-hydrogen) atoms. The third-order valence-corrected chi connectivity index (χ3v) is 5.15. The zero-order valence-electron chi connectivity index (χ0n) is 15.0. The fourth-order valence-corrected chi connectivity index (χ4v) is 3.42. The van der Waals surface area contributed by atoms with E-state index in [1.807, 2.05) is 30.3 Å². The van der Waals surface area contributed by atoms with Crippen molar-refractivity contribution in [3.63, 3.8) is 0 Å². The number of hydrogen-bond donors (Lipinski definition) is 2. The maximum absolute atomic E-state index is 12.3. The van der Waals surface area contributed by atoms with Crippen molar-refractivity contribution in [1.82, 2.24) is 30.8 Å². The number of carbonyl (C=O) groups is 2. The van der Waals surface area contributed by atoms with Gasteiger partial charge < -0.3 is 10.1 Å². The number of nitrogens with zero attached hydrogens (tertiary/aromatic N) is 4. The second-order valence-electron chi connectivity index (χ2n) is 6.20. The normalized spacial score (nSPS) is 17.4. The monoisotopic (exact) mass is 390 g/mol. The molecular formula is C17H22N6O3S. The highest BCUT2D eigenvalue weighted by Crippen LogP contribution is 2.22. The van der Waals surface area contributed by atoms with E-state index in [4.69, 9.17) is 4.74 Å². The lowest BCUT2D eigenvalue weighted by atomic mass is 10.2. The zero-order valence-corrected chi connectivity index (χ0v) is 15.8. The molecule has 1 aliphatic rings. The first-order valence-electron chi connectivity index (χ1n) is 8.79. The molecule has 9 nitrogen and oxygen atoms in total. The zero-order chi connectivity index (χ0) is 19.1. The van der Waals surface area contributed by atoms with E-state index in [0.29, 0.717) is 18.2 Å². The van der Waals surface area contributed by atoms with Gasteiger partial charge in [-0.2, -0.15) is 0 Å². The number of imide groups is 1. The minimum Gasteiger partial charge on any atom is -0.376 e. The Labute approximate surface area is 161 Å². The molecular weight excluding hydrogens is 368 g/mol. The van der Waals surface area contributed by atoms with E-state index < -0.39 is 17.2 Å². The van der Waals surface area contributed by atoms with E-state index in [1.54, 1.807) is 11.6 Å². The fourth-order valence-electron chi connectivity index (χ4n) is 2.62. The number of aromatic nitrogens is 4. The number of tetrazole rings is 1. The van der Waals surface area contributed by atoms with Crippen LogP contribution in [0.4, 0.5) is 4.79 Å². The Hall–Kier alpha value is -2.46. The number of thioether (sulfide) groups is 1. The van der Waals surface area contributed by atoms with Gasteiger partial charge in [0.2, 0.25) is 11.1 Å². The van der Waals surface area contributed by atoms with Crippen LogP contribution < -0.4 is 10.6 Å². The molecule has 2 N–H and O–H groups in total. The fraction of sp³-hybridized carbons (Fsp3) is 0.471. The average Bonchev–Trinajstić information content (AvgIpc) is 3.34. The van der Waals surface area contributed by atoms with Gasteiger partial charge in [0.25, 0.3) is 0 Å². The Morgan fingerprint density at radius 1 is 1.37 bits per heavy atom. The SMILES string of the molecule is C[C@@H](Sc1nnnn1C[C@@H]1CCCO1)C(=O)NC(=O)NCc1ccccc1. The van der Waals surface area contributed by atoms with E-state index in [-0.39, 0.29) is 6.10 Å². The first kappa shape index (κ1) is 19.3. The van der Waals surface area contributed by atoms with Gasteiger partial charge in [-0.15, -0.1) is 5.10 Å². The van der Waals surface area contributed by atoms with Crippen LogP contribution in [0.15, 0.2) is 35.5 Å². The number of benzene rings is 1. The van der Waals surface area contributed by atoms with Crippen LogP contribution in [0.25, 0.3) is 0 Å². The maximum atomic E-state index is 12.3. The Morgan fingerprint density at radius 2 is 2.19 bits per heavy atom. The predicted octanol–water partition coefficient (Wildman–Crippen LogP) is 1.36. The first-order valence-corrected chi connectivity index (χ1v) is 9.67. The van der Waals surface area contributed by atoms with Crippen LogP contribution in [0.3, 0.4) is 0 Å². The summed E-state index contributed by atoms with van der Waals surface area (Å²) in [4.78, 5) is 24.2. The summed E-state index contributed by atoms with van der Waals surface area (Å²) in [7, 11) is 0. The van der Waals surface area contributed by atoms with Crippen molar-refractivity contribution in [3.8, 4) is 0 Å². The molecule has 1 saturated heterocycles. The van der Waals surface area contributed by atoms with E-state index in [1.165, 1.54) is 11.8 Å².